The predicted octanol–water partition coefficient (Wildman–Crippen LogP) is 3.45. The molecule has 0 atom stereocenters. The number of nitrogens with one attached hydrogen (secondary N) is 1. The lowest BCUT2D eigenvalue weighted by Gasteiger charge is -2.05. The van der Waals surface area contributed by atoms with Crippen LogP contribution in [0.15, 0.2) is 40.8 Å². The Balaban J connectivity index is 1.91. The smallest absolute Gasteiger partial charge is 0.284 e. The first-order chi connectivity index (χ1) is 10.0. The summed E-state index contributed by atoms with van der Waals surface area (Å²) >= 11 is 0.518. The highest BCUT2D eigenvalue weighted by Crippen LogP contribution is 2.21. The Morgan fingerprint density at radius 3 is 2.76 bits per heavy atom. The molecule has 3 N–H and O–H groups in total. The molecule has 1 amide bonds. The molecule has 0 radical (unpaired) electrons. The molecule has 4 nitrogen and oxygen atoms in total. The van der Waals surface area contributed by atoms with E-state index in [9.17, 15) is 13.6 Å². The summed E-state index contributed by atoms with van der Waals surface area (Å²) in [4.78, 5) is 11.1. The fourth-order valence-electron chi connectivity index (χ4n) is 1.71. The lowest BCUT2D eigenvalue weighted by atomic mass is 10.2. The number of rotatable bonds is 7. The quantitative estimate of drug-likeness (QED) is 0.821. The maximum Gasteiger partial charge on any atom is 0.284 e. The maximum absolute atomic E-state index is 12.1. The highest BCUT2D eigenvalue weighted by atomic mass is 32.2. The minimum atomic E-state index is -2.41. The van der Waals surface area contributed by atoms with Gasteiger partial charge in [-0.3, -0.25) is 4.79 Å². The molecule has 1 heterocycles. The Kier molecular flexibility index (Phi) is 5.21. The summed E-state index contributed by atoms with van der Waals surface area (Å²) in [6.45, 7) is 0.390. The van der Waals surface area contributed by atoms with Crippen LogP contribution in [0, 0.1) is 0 Å². The van der Waals surface area contributed by atoms with Gasteiger partial charge in [-0.1, -0.05) is 17.8 Å². The van der Waals surface area contributed by atoms with Gasteiger partial charge in [0, 0.05) is 11.3 Å². The van der Waals surface area contributed by atoms with Crippen LogP contribution in [0.1, 0.15) is 21.9 Å². The fourth-order valence-corrected chi connectivity index (χ4v) is 2.16. The molecule has 1 aromatic carbocycles. The Morgan fingerprint density at radius 2 is 2.05 bits per heavy atom. The second kappa shape index (κ2) is 7.12. The summed E-state index contributed by atoms with van der Waals surface area (Å²) in [7, 11) is 0. The van der Waals surface area contributed by atoms with Crippen molar-refractivity contribution in [2.45, 2.75) is 18.1 Å². The molecule has 0 saturated carbocycles. The van der Waals surface area contributed by atoms with E-state index in [1.54, 1.807) is 36.4 Å². The highest BCUT2D eigenvalue weighted by molar-refractivity contribution is 7.98. The van der Waals surface area contributed by atoms with Crippen molar-refractivity contribution in [3.63, 3.8) is 0 Å². The molecular formula is C14H14F2N2O2S. The van der Waals surface area contributed by atoms with Crippen molar-refractivity contribution >= 4 is 23.4 Å². The van der Waals surface area contributed by atoms with Gasteiger partial charge in [0.1, 0.15) is 11.5 Å². The van der Waals surface area contributed by atoms with E-state index in [1.807, 2.05) is 0 Å². The Morgan fingerprint density at radius 1 is 1.29 bits per heavy atom. The van der Waals surface area contributed by atoms with Gasteiger partial charge in [-0.15, -0.1) is 0 Å². The number of furan rings is 1. The van der Waals surface area contributed by atoms with Gasteiger partial charge in [0.05, 0.1) is 12.3 Å². The summed E-state index contributed by atoms with van der Waals surface area (Å²) < 4.78 is 29.6. The number of hydrogen-bond acceptors (Lipinski definition) is 4. The maximum atomic E-state index is 12.1. The molecule has 0 aliphatic rings. The van der Waals surface area contributed by atoms with Gasteiger partial charge in [0.15, 0.2) is 0 Å². The SMILES string of the molecule is NC(=O)c1cccc(NCc2ccc(CSC(F)F)o2)c1. The molecule has 21 heavy (non-hydrogen) atoms. The van der Waals surface area contributed by atoms with Crippen molar-refractivity contribution in [3.8, 4) is 0 Å². The van der Waals surface area contributed by atoms with Crippen LogP contribution in [0.25, 0.3) is 0 Å². The number of primary amides is 1. The molecule has 7 heteroatoms. The van der Waals surface area contributed by atoms with Gasteiger partial charge in [-0.2, -0.15) is 8.78 Å². The van der Waals surface area contributed by atoms with E-state index in [0.29, 0.717) is 35.4 Å². The van der Waals surface area contributed by atoms with Gasteiger partial charge in [-0.05, 0) is 30.3 Å². The second-order valence-corrected chi connectivity index (χ2v) is 5.22. The molecule has 0 unspecified atom stereocenters. The molecule has 2 aromatic rings. The third-order valence-electron chi connectivity index (χ3n) is 2.68. The van der Waals surface area contributed by atoms with E-state index in [-0.39, 0.29) is 5.75 Å². The van der Waals surface area contributed by atoms with E-state index < -0.39 is 11.7 Å². The van der Waals surface area contributed by atoms with Crippen LogP contribution in [0.2, 0.25) is 0 Å². The number of nitrogens with two attached hydrogens (primary N) is 1. The molecule has 0 fully saturated rings. The molecule has 0 spiro atoms. The molecule has 2 rings (SSSR count). The van der Waals surface area contributed by atoms with Gasteiger partial charge >= 0.3 is 0 Å². The van der Waals surface area contributed by atoms with Crippen molar-refractivity contribution in [2.75, 3.05) is 5.32 Å². The average Bonchev–Trinajstić information content (AvgIpc) is 2.91. The first-order valence-electron chi connectivity index (χ1n) is 6.15. The summed E-state index contributed by atoms with van der Waals surface area (Å²) in [5, 5.41) is 3.08. The van der Waals surface area contributed by atoms with E-state index in [4.69, 9.17) is 10.2 Å². The highest BCUT2D eigenvalue weighted by Gasteiger charge is 2.07. The van der Waals surface area contributed by atoms with Gasteiger partial charge in [0.2, 0.25) is 5.91 Å². The monoisotopic (exact) mass is 312 g/mol. The summed E-state index contributed by atoms with van der Waals surface area (Å²) in [6, 6.07) is 10.2. The predicted molar refractivity (Wildman–Crippen MR) is 78.3 cm³/mol. The zero-order chi connectivity index (χ0) is 15.2. The Labute approximate surface area is 124 Å². The first-order valence-corrected chi connectivity index (χ1v) is 7.20. The number of alkyl halides is 2. The lowest BCUT2D eigenvalue weighted by molar-refractivity contribution is 0.100. The number of benzene rings is 1. The molecule has 0 aliphatic heterocycles. The molecule has 112 valence electrons. The largest absolute Gasteiger partial charge is 0.463 e. The van der Waals surface area contributed by atoms with Crippen LogP contribution in [-0.2, 0) is 12.3 Å². The summed E-state index contributed by atoms with van der Waals surface area (Å²) in [5.41, 5.74) is 6.34. The number of amides is 1. The van der Waals surface area contributed by atoms with Crippen LogP contribution in [-0.4, -0.2) is 11.7 Å². The number of carbonyl (C=O) groups excluding carboxylic acids is 1. The fraction of sp³-hybridized carbons (Fsp3) is 0.214. The van der Waals surface area contributed by atoms with Crippen molar-refractivity contribution in [3.05, 3.63) is 53.5 Å². The van der Waals surface area contributed by atoms with Crippen molar-refractivity contribution in [2.24, 2.45) is 5.73 Å². The van der Waals surface area contributed by atoms with Crippen LogP contribution in [0.3, 0.4) is 0 Å². The third kappa shape index (κ3) is 4.78. The molecular weight excluding hydrogens is 298 g/mol. The first kappa shape index (κ1) is 15.4. The van der Waals surface area contributed by atoms with E-state index in [1.165, 1.54) is 0 Å². The topological polar surface area (TPSA) is 68.3 Å². The number of carbonyl (C=O) groups is 1. The number of halogens is 2. The molecule has 1 aromatic heterocycles. The van der Waals surface area contributed by atoms with Crippen molar-refractivity contribution < 1.29 is 18.0 Å². The normalized spacial score (nSPS) is 10.8. The zero-order valence-corrected chi connectivity index (χ0v) is 11.8. The minimum Gasteiger partial charge on any atom is -0.463 e. The minimum absolute atomic E-state index is 0.134. The Hall–Kier alpha value is -2.02. The van der Waals surface area contributed by atoms with Gasteiger partial charge in [-0.25, -0.2) is 0 Å². The van der Waals surface area contributed by atoms with Crippen molar-refractivity contribution in [1.29, 1.82) is 0 Å². The van der Waals surface area contributed by atoms with Crippen LogP contribution in [0.4, 0.5) is 14.5 Å². The van der Waals surface area contributed by atoms with Gasteiger partial charge in [0.25, 0.3) is 5.76 Å². The standard InChI is InChI=1S/C14H14F2N2O2S/c15-14(16)21-8-12-5-4-11(20-12)7-18-10-3-1-2-9(6-10)13(17)19/h1-6,14,18H,7-8H2,(H2,17,19). The van der Waals surface area contributed by atoms with E-state index in [0.717, 1.165) is 5.69 Å². The van der Waals surface area contributed by atoms with Crippen LogP contribution < -0.4 is 11.1 Å². The second-order valence-electron chi connectivity index (χ2n) is 4.24. The van der Waals surface area contributed by atoms with Crippen molar-refractivity contribution in [1.82, 2.24) is 0 Å². The van der Waals surface area contributed by atoms with Crippen LogP contribution >= 0.6 is 11.8 Å². The van der Waals surface area contributed by atoms with Crippen LogP contribution in [0.5, 0.6) is 0 Å². The molecule has 0 saturated heterocycles. The molecule has 0 bridgehead atoms. The van der Waals surface area contributed by atoms with E-state index in [2.05, 4.69) is 5.32 Å². The average molecular weight is 312 g/mol. The number of thioether (sulfide) groups is 1. The number of anilines is 1. The third-order valence-corrected chi connectivity index (χ3v) is 3.39. The summed E-state index contributed by atoms with van der Waals surface area (Å²) in [6.07, 6.45) is 0. The molecule has 0 aliphatic carbocycles. The lowest BCUT2D eigenvalue weighted by Crippen LogP contribution is -2.11. The van der Waals surface area contributed by atoms with Gasteiger partial charge < -0.3 is 15.5 Å². The summed E-state index contributed by atoms with van der Waals surface area (Å²) in [5.74, 6) is -1.64. The Bertz CT molecular complexity index is 617. The van der Waals surface area contributed by atoms with E-state index >= 15 is 0 Å². The number of hydrogen-bond donors (Lipinski definition) is 2. The zero-order valence-electron chi connectivity index (χ0n) is 11.0.